The van der Waals surface area contributed by atoms with Crippen molar-refractivity contribution in [1.29, 1.82) is 0 Å². The zero-order valence-corrected chi connectivity index (χ0v) is 11.3. The number of nitrogens with zero attached hydrogens (tertiary/aromatic N) is 2. The first kappa shape index (κ1) is 12.8. The fourth-order valence-electron chi connectivity index (χ4n) is 2.65. The van der Waals surface area contributed by atoms with Gasteiger partial charge in [-0.15, -0.1) is 0 Å². The van der Waals surface area contributed by atoms with Crippen molar-refractivity contribution in [2.24, 2.45) is 0 Å². The Kier molecular flexibility index (Phi) is 3.73. The van der Waals surface area contributed by atoms with Gasteiger partial charge in [0.25, 0.3) is 0 Å². The fourth-order valence-corrected chi connectivity index (χ4v) is 2.65. The highest BCUT2D eigenvalue weighted by Gasteiger charge is 2.58. The summed E-state index contributed by atoms with van der Waals surface area (Å²) in [6.45, 7) is 4.18. The van der Waals surface area contributed by atoms with Crippen molar-refractivity contribution in [1.82, 2.24) is 15.1 Å². The molecule has 1 saturated carbocycles. The number of carbonyl (C=O) groups excluding carboxylic acids is 1. The van der Waals surface area contributed by atoms with Crippen molar-refractivity contribution in [2.75, 3.05) is 27.2 Å². The van der Waals surface area contributed by atoms with Gasteiger partial charge in [0.2, 0.25) is 5.91 Å². The summed E-state index contributed by atoms with van der Waals surface area (Å²) in [7, 11) is 4.19. The smallest absolute Gasteiger partial charge is 0.244 e. The molecule has 1 aliphatic carbocycles. The average molecular weight is 239 g/mol. The van der Waals surface area contributed by atoms with Crippen molar-refractivity contribution in [3.05, 3.63) is 0 Å². The number of nitrogens with one attached hydrogen (secondary N) is 1. The summed E-state index contributed by atoms with van der Waals surface area (Å²) in [6.07, 6.45) is 5.65. The summed E-state index contributed by atoms with van der Waals surface area (Å²) in [5, 5.41) is 3.51. The predicted molar refractivity (Wildman–Crippen MR) is 68.7 cm³/mol. The molecule has 1 spiro atoms. The van der Waals surface area contributed by atoms with E-state index in [1.54, 1.807) is 0 Å². The molecule has 1 saturated heterocycles. The zero-order chi connectivity index (χ0) is 12.5. The second kappa shape index (κ2) is 4.94. The number of hydrogen-bond acceptors (Lipinski definition) is 3. The van der Waals surface area contributed by atoms with Crippen LogP contribution >= 0.6 is 0 Å². The molecule has 1 atom stereocenters. The van der Waals surface area contributed by atoms with Gasteiger partial charge in [-0.05, 0) is 52.7 Å². The van der Waals surface area contributed by atoms with Gasteiger partial charge in [-0.25, -0.2) is 0 Å². The second-order valence-corrected chi connectivity index (χ2v) is 5.66. The van der Waals surface area contributed by atoms with Crippen molar-refractivity contribution in [3.63, 3.8) is 0 Å². The van der Waals surface area contributed by atoms with E-state index in [-0.39, 0.29) is 11.7 Å². The summed E-state index contributed by atoms with van der Waals surface area (Å²) in [5.41, 5.74) is -0.137. The van der Waals surface area contributed by atoms with E-state index in [1.807, 2.05) is 0 Å². The molecular weight excluding hydrogens is 214 g/mol. The minimum atomic E-state index is -0.137. The number of amides is 1. The van der Waals surface area contributed by atoms with Crippen LogP contribution in [0, 0.1) is 0 Å². The molecular formula is C13H25N3O. The standard InChI is InChI=1S/C13H25N3O/c1-4-11-14-13(7-8-13)12(17)16(11)10-6-5-9-15(2)3/h11,14H,4-10H2,1-3H3. The van der Waals surface area contributed by atoms with Gasteiger partial charge in [-0.3, -0.25) is 10.1 Å². The Morgan fingerprint density at radius 2 is 2.12 bits per heavy atom. The normalized spacial score (nSPS) is 26.2. The third kappa shape index (κ3) is 2.63. The zero-order valence-electron chi connectivity index (χ0n) is 11.3. The van der Waals surface area contributed by atoms with Crippen LogP contribution in [-0.2, 0) is 4.79 Å². The van der Waals surface area contributed by atoms with Crippen molar-refractivity contribution in [2.45, 2.75) is 50.7 Å². The van der Waals surface area contributed by atoms with E-state index in [1.165, 1.54) is 6.42 Å². The van der Waals surface area contributed by atoms with Gasteiger partial charge in [0.1, 0.15) is 0 Å². The first-order chi connectivity index (χ1) is 8.09. The van der Waals surface area contributed by atoms with Gasteiger partial charge in [-0.1, -0.05) is 6.92 Å². The topological polar surface area (TPSA) is 35.6 Å². The third-order valence-corrected chi connectivity index (χ3v) is 3.88. The number of rotatable bonds is 6. The Morgan fingerprint density at radius 3 is 2.65 bits per heavy atom. The number of unbranched alkanes of at least 4 members (excludes halogenated alkanes) is 1. The molecule has 2 aliphatic rings. The molecule has 0 aromatic carbocycles. The van der Waals surface area contributed by atoms with Gasteiger partial charge in [0.15, 0.2) is 0 Å². The average Bonchev–Trinajstić information content (AvgIpc) is 3.01. The van der Waals surface area contributed by atoms with Crippen LogP contribution in [0.3, 0.4) is 0 Å². The Morgan fingerprint density at radius 1 is 1.41 bits per heavy atom. The molecule has 1 amide bonds. The van der Waals surface area contributed by atoms with Crippen LogP contribution < -0.4 is 5.32 Å². The molecule has 0 bridgehead atoms. The minimum absolute atomic E-state index is 0.137. The Labute approximate surface area is 104 Å². The Hall–Kier alpha value is -0.610. The van der Waals surface area contributed by atoms with Crippen LogP contribution in [0.1, 0.15) is 39.0 Å². The molecule has 4 heteroatoms. The van der Waals surface area contributed by atoms with Crippen LogP contribution in [0.25, 0.3) is 0 Å². The third-order valence-electron chi connectivity index (χ3n) is 3.88. The summed E-state index contributed by atoms with van der Waals surface area (Å²) < 4.78 is 0. The van der Waals surface area contributed by atoms with Gasteiger partial charge in [0.05, 0.1) is 11.7 Å². The van der Waals surface area contributed by atoms with Gasteiger partial charge >= 0.3 is 0 Å². The second-order valence-electron chi connectivity index (χ2n) is 5.66. The summed E-state index contributed by atoms with van der Waals surface area (Å²) in [4.78, 5) is 16.5. The summed E-state index contributed by atoms with van der Waals surface area (Å²) in [5.74, 6) is 0.356. The molecule has 0 aromatic heterocycles. The highest BCUT2D eigenvalue weighted by Crippen LogP contribution is 2.42. The van der Waals surface area contributed by atoms with E-state index in [2.05, 4.69) is 36.1 Å². The summed E-state index contributed by atoms with van der Waals surface area (Å²) >= 11 is 0. The quantitative estimate of drug-likeness (QED) is 0.703. The molecule has 1 aliphatic heterocycles. The Bertz CT molecular complexity index is 286. The van der Waals surface area contributed by atoms with Crippen LogP contribution in [0.4, 0.5) is 0 Å². The lowest BCUT2D eigenvalue weighted by atomic mass is 10.2. The van der Waals surface area contributed by atoms with E-state index in [4.69, 9.17) is 0 Å². The van der Waals surface area contributed by atoms with Crippen LogP contribution in [0.5, 0.6) is 0 Å². The van der Waals surface area contributed by atoms with Crippen molar-refractivity contribution >= 4 is 5.91 Å². The van der Waals surface area contributed by atoms with Crippen LogP contribution in [-0.4, -0.2) is 54.6 Å². The predicted octanol–water partition coefficient (Wildman–Crippen LogP) is 1.03. The lowest BCUT2D eigenvalue weighted by Crippen LogP contribution is -2.37. The van der Waals surface area contributed by atoms with Gasteiger partial charge in [-0.2, -0.15) is 0 Å². The lowest BCUT2D eigenvalue weighted by molar-refractivity contribution is -0.130. The molecule has 4 nitrogen and oxygen atoms in total. The maximum Gasteiger partial charge on any atom is 0.244 e. The van der Waals surface area contributed by atoms with Crippen LogP contribution in [0.2, 0.25) is 0 Å². The monoisotopic (exact) mass is 239 g/mol. The molecule has 17 heavy (non-hydrogen) atoms. The number of hydrogen-bond donors (Lipinski definition) is 1. The molecule has 2 fully saturated rings. The first-order valence-electron chi connectivity index (χ1n) is 6.82. The first-order valence-corrected chi connectivity index (χ1v) is 6.82. The highest BCUT2D eigenvalue weighted by molar-refractivity contribution is 5.91. The summed E-state index contributed by atoms with van der Waals surface area (Å²) in [6, 6.07) is 0. The van der Waals surface area contributed by atoms with Gasteiger partial charge < -0.3 is 9.80 Å². The maximum atomic E-state index is 12.2. The van der Waals surface area contributed by atoms with Gasteiger partial charge in [0, 0.05) is 6.54 Å². The highest BCUT2D eigenvalue weighted by atomic mass is 16.2. The number of carbonyl (C=O) groups is 1. The maximum absolute atomic E-state index is 12.2. The SMILES string of the molecule is CCC1NC2(CC2)C(=O)N1CCCCN(C)C. The lowest BCUT2D eigenvalue weighted by Gasteiger charge is -2.23. The van der Waals surface area contributed by atoms with E-state index in [0.717, 1.165) is 38.8 Å². The molecule has 0 radical (unpaired) electrons. The van der Waals surface area contributed by atoms with E-state index in [9.17, 15) is 4.79 Å². The molecule has 1 heterocycles. The molecule has 1 N–H and O–H groups in total. The fraction of sp³-hybridized carbons (Fsp3) is 0.923. The molecule has 1 unspecified atom stereocenters. The van der Waals surface area contributed by atoms with E-state index < -0.39 is 0 Å². The molecule has 0 aromatic rings. The van der Waals surface area contributed by atoms with E-state index in [0.29, 0.717) is 5.91 Å². The minimum Gasteiger partial charge on any atom is -0.326 e. The largest absolute Gasteiger partial charge is 0.326 e. The van der Waals surface area contributed by atoms with Crippen molar-refractivity contribution in [3.8, 4) is 0 Å². The Balaban J connectivity index is 1.80. The molecule has 2 rings (SSSR count). The molecule has 98 valence electrons. The van der Waals surface area contributed by atoms with E-state index >= 15 is 0 Å². The van der Waals surface area contributed by atoms with Crippen molar-refractivity contribution < 1.29 is 4.79 Å². The van der Waals surface area contributed by atoms with Crippen LogP contribution in [0.15, 0.2) is 0 Å².